The van der Waals surface area contributed by atoms with Crippen LogP contribution in [0.5, 0.6) is 0 Å². The largest absolute Gasteiger partial charge is 0.340 e. The Bertz CT molecular complexity index is 554. The second kappa shape index (κ2) is 9.17. The van der Waals surface area contributed by atoms with Crippen LogP contribution in [0.2, 0.25) is 0 Å². The van der Waals surface area contributed by atoms with E-state index in [1.54, 1.807) is 29.2 Å². The number of carbonyl (C=O) groups excluding carboxylic acids is 3. The van der Waals surface area contributed by atoms with E-state index in [-0.39, 0.29) is 11.8 Å². The number of benzene rings is 1. The highest BCUT2D eigenvalue weighted by molar-refractivity contribution is 5.97. The molecule has 1 aliphatic rings. The topological polar surface area (TPSA) is 69.7 Å². The number of rotatable bonds is 7. The molecule has 0 bridgehead atoms. The van der Waals surface area contributed by atoms with Gasteiger partial charge in [-0.1, -0.05) is 18.2 Å². The van der Waals surface area contributed by atoms with Gasteiger partial charge in [-0.15, -0.1) is 0 Å². The fraction of sp³-hybridized carbons (Fsp3) is 0.500. The molecule has 1 saturated heterocycles. The van der Waals surface area contributed by atoms with Gasteiger partial charge in [-0.3, -0.25) is 9.59 Å². The number of nitrogens with zero attached hydrogens (tertiary/aromatic N) is 2. The summed E-state index contributed by atoms with van der Waals surface area (Å²) in [6.45, 7) is 3.00. The quantitative estimate of drug-likeness (QED) is 0.596. The molecule has 1 heterocycles. The molecule has 24 heavy (non-hydrogen) atoms. The highest BCUT2D eigenvalue weighted by atomic mass is 16.2. The average Bonchev–Trinajstić information content (AvgIpc) is 2.61. The van der Waals surface area contributed by atoms with Crippen molar-refractivity contribution in [2.45, 2.75) is 25.3 Å². The maximum absolute atomic E-state index is 12.8. The van der Waals surface area contributed by atoms with Crippen LogP contribution in [0.4, 0.5) is 0 Å². The van der Waals surface area contributed by atoms with E-state index in [0.717, 1.165) is 19.4 Å². The monoisotopic (exact) mass is 331 g/mol. The fourth-order valence-electron chi connectivity index (χ4n) is 2.74. The molecule has 6 heteroatoms. The number of piperazine rings is 1. The summed E-state index contributed by atoms with van der Waals surface area (Å²) in [5, 5.41) is 2.84. The Labute approximate surface area is 142 Å². The van der Waals surface area contributed by atoms with Crippen molar-refractivity contribution in [3.8, 4) is 0 Å². The highest BCUT2D eigenvalue weighted by Gasteiger charge is 2.27. The summed E-state index contributed by atoms with van der Waals surface area (Å²) < 4.78 is 0. The molecule has 2 amide bonds. The second-order valence-corrected chi connectivity index (χ2v) is 6.12. The number of hydrogen-bond donors (Lipinski definition) is 1. The molecule has 0 spiro atoms. The number of carbonyl (C=O) groups is 3. The van der Waals surface area contributed by atoms with Crippen LogP contribution in [0.15, 0.2) is 30.3 Å². The SMILES string of the molecule is CN1CCN(C(=O)C(CCCC=O)NC(=O)c2ccccc2)CC1. The predicted molar refractivity (Wildman–Crippen MR) is 91.7 cm³/mol. The van der Waals surface area contributed by atoms with E-state index in [1.807, 2.05) is 13.1 Å². The molecule has 0 saturated carbocycles. The molecule has 0 radical (unpaired) electrons. The first-order valence-corrected chi connectivity index (χ1v) is 8.38. The van der Waals surface area contributed by atoms with Gasteiger partial charge in [-0.2, -0.15) is 0 Å². The lowest BCUT2D eigenvalue weighted by atomic mass is 10.1. The van der Waals surface area contributed by atoms with Crippen molar-refractivity contribution in [2.24, 2.45) is 0 Å². The summed E-state index contributed by atoms with van der Waals surface area (Å²) in [5.74, 6) is -0.313. The predicted octanol–water partition coefficient (Wildman–Crippen LogP) is 0.928. The summed E-state index contributed by atoms with van der Waals surface area (Å²) in [4.78, 5) is 39.7. The van der Waals surface area contributed by atoms with E-state index >= 15 is 0 Å². The Kier molecular flexibility index (Phi) is 6.93. The first-order chi connectivity index (χ1) is 11.6. The first kappa shape index (κ1) is 18.1. The molecule has 6 nitrogen and oxygen atoms in total. The van der Waals surface area contributed by atoms with Crippen LogP contribution < -0.4 is 5.32 Å². The van der Waals surface area contributed by atoms with Gasteiger partial charge in [0, 0.05) is 38.2 Å². The summed E-state index contributed by atoms with van der Waals surface area (Å²) in [6.07, 6.45) is 2.30. The molecular weight excluding hydrogens is 306 g/mol. The molecule has 1 aromatic carbocycles. The van der Waals surface area contributed by atoms with Crippen LogP contribution >= 0.6 is 0 Å². The van der Waals surface area contributed by atoms with Crippen LogP contribution in [0.25, 0.3) is 0 Å². The molecule has 1 atom stereocenters. The third-order valence-electron chi connectivity index (χ3n) is 4.27. The Balaban J connectivity index is 2.01. The minimum atomic E-state index is -0.582. The van der Waals surface area contributed by atoms with Crippen molar-refractivity contribution in [1.29, 1.82) is 0 Å². The Morgan fingerprint density at radius 2 is 1.83 bits per heavy atom. The van der Waals surface area contributed by atoms with Gasteiger partial charge in [-0.05, 0) is 32.0 Å². The summed E-state index contributed by atoms with van der Waals surface area (Å²) >= 11 is 0. The summed E-state index contributed by atoms with van der Waals surface area (Å²) in [7, 11) is 2.03. The van der Waals surface area contributed by atoms with Gasteiger partial charge in [-0.25, -0.2) is 0 Å². The van der Waals surface area contributed by atoms with Crippen molar-refractivity contribution in [1.82, 2.24) is 15.1 Å². The molecule has 2 rings (SSSR count). The Morgan fingerprint density at radius 1 is 1.17 bits per heavy atom. The molecule has 1 aromatic rings. The molecule has 0 aromatic heterocycles. The number of amides is 2. The molecule has 1 N–H and O–H groups in total. The summed E-state index contributed by atoms with van der Waals surface area (Å²) in [5.41, 5.74) is 0.532. The van der Waals surface area contributed by atoms with Crippen LogP contribution in [0, 0.1) is 0 Å². The minimum Gasteiger partial charge on any atom is -0.340 e. The number of unbranched alkanes of at least 4 members (excludes halogenated alkanes) is 1. The van der Waals surface area contributed by atoms with Gasteiger partial charge in [0.2, 0.25) is 5.91 Å². The van der Waals surface area contributed by atoms with Crippen molar-refractivity contribution >= 4 is 18.1 Å². The number of nitrogens with one attached hydrogen (secondary N) is 1. The zero-order valence-electron chi connectivity index (χ0n) is 14.1. The lowest BCUT2D eigenvalue weighted by Crippen LogP contribution is -2.54. The van der Waals surface area contributed by atoms with Crippen LogP contribution in [-0.4, -0.2) is 67.2 Å². The minimum absolute atomic E-state index is 0.0571. The third kappa shape index (κ3) is 5.16. The average molecular weight is 331 g/mol. The molecule has 1 unspecified atom stereocenters. The normalized spacial score (nSPS) is 16.5. The first-order valence-electron chi connectivity index (χ1n) is 8.38. The van der Waals surface area contributed by atoms with Crippen LogP contribution in [0.3, 0.4) is 0 Å². The third-order valence-corrected chi connectivity index (χ3v) is 4.27. The van der Waals surface area contributed by atoms with E-state index < -0.39 is 6.04 Å². The highest BCUT2D eigenvalue weighted by Crippen LogP contribution is 2.09. The fourth-order valence-corrected chi connectivity index (χ4v) is 2.74. The zero-order chi connectivity index (χ0) is 17.4. The van der Waals surface area contributed by atoms with Gasteiger partial charge in [0.1, 0.15) is 12.3 Å². The Morgan fingerprint density at radius 3 is 2.46 bits per heavy atom. The van der Waals surface area contributed by atoms with Gasteiger partial charge >= 0.3 is 0 Å². The van der Waals surface area contributed by atoms with E-state index in [2.05, 4.69) is 10.2 Å². The lowest BCUT2D eigenvalue weighted by Gasteiger charge is -2.34. The van der Waals surface area contributed by atoms with Gasteiger partial charge in [0.05, 0.1) is 0 Å². The maximum atomic E-state index is 12.8. The molecule has 130 valence electrons. The van der Waals surface area contributed by atoms with Crippen LogP contribution in [-0.2, 0) is 9.59 Å². The van der Waals surface area contributed by atoms with Crippen molar-refractivity contribution in [3.63, 3.8) is 0 Å². The molecule has 1 fully saturated rings. The number of likely N-dealkylation sites (N-methyl/N-ethyl adjacent to an activating group) is 1. The van der Waals surface area contributed by atoms with Gasteiger partial charge < -0.3 is 19.9 Å². The zero-order valence-corrected chi connectivity index (χ0v) is 14.1. The number of aldehydes is 1. The van der Waals surface area contributed by atoms with Gasteiger partial charge in [0.25, 0.3) is 5.91 Å². The standard InChI is InChI=1S/C18H25N3O3/c1-20-10-12-21(13-11-20)18(24)16(9-5-6-14-22)19-17(23)15-7-3-2-4-8-15/h2-4,7-8,14,16H,5-6,9-13H2,1H3,(H,19,23). The van der Waals surface area contributed by atoms with Crippen molar-refractivity contribution in [3.05, 3.63) is 35.9 Å². The second-order valence-electron chi connectivity index (χ2n) is 6.12. The van der Waals surface area contributed by atoms with E-state index in [1.165, 1.54) is 0 Å². The van der Waals surface area contributed by atoms with Crippen LogP contribution in [0.1, 0.15) is 29.6 Å². The molecular formula is C18H25N3O3. The molecule has 0 aliphatic carbocycles. The Hall–Kier alpha value is -2.21. The van der Waals surface area contributed by atoms with E-state index in [0.29, 0.717) is 37.9 Å². The van der Waals surface area contributed by atoms with Crippen molar-refractivity contribution in [2.75, 3.05) is 33.2 Å². The van der Waals surface area contributed by atoms with E-state index in [9.17, 15) is 14.4 Å². The maximum Gasteiger partial charge on any atom is 0.251 e. The number of hydrogen-bond acceptors (Lipinski definition) is 4. The molecule has 1 aliphatic heterocycles. The lowest BCUT2D eigenvalue weighted by molar-refractivity contribution is -0.135. The smallest absolute Gasteiger partial charge is 0.251 e. The van der Waals surface area contributed by atoms with Crippen molar-refractivity contribution < 1.29 is 14.4 Å². The van der Waals surface area contributed by atoms with E-state index in [4.69, 9.17) is 0 Å². The summed E-state index contributed by atoms with van der Waals surface area (Å²) in [6, 6.07) is 8.28. The van der Waals surface area contributed by atoms with Gasteiger partial charge in [0.15, 0.2) is 0 Å².